The van der Waals surface area contributed by atoms with E-state index in [0.717, 1.165) is 32.5 Å². The fourth-order valence-electron chi connectivity index (χ4n) is 3.95. The van der Waals surface area contributed by atoms with E-state index in [9.17, 15) is 5.11 Å². The highest BCUT2D eigenvalue weighted by molar-refractivity contribution is 5.27. The number of benzene rings is 2. The molecular weight excluding hydrogens is 298 g/mol. The lowest BCUT2D eigenvalue weighted by Crippen LogP contribution is -2.86. The highest BCUT2D eigenvalue weighted by atomic mass is 16.5. The smallest absolute Gasteiger partial charge is 0.115 e. The number of nitrogens with two attached hydrogens (primary N) is 1. The highest BCUT2D eigenvalue weighted by Crippen LogP contribution is 2.40. The van der Waals surface area contributed by atoms with Gasteiger partial charge in [-0.25, -0.2) is 0 Å². The van der Waals surface area contributed by atoms with Crippen LogP contribution in [0.3, 0.4) is 0 Å². The maximum Gasteiger partial charge on any atom is 0.115 e. The molecule has 3 N–H and O–H groups in total. The summed E-state index contributed by atoms with van der Waals surface area (Å²) in [5.74, 6) is 0.325. The minimum atomic E-state index is -0.0829. The Bertz CT molecular complexity index is 651. The van der Waals surface area contributed by atoms with Crippen LogP contribution in [-0.4, -0.2) is 23.9 Å². The fraction of sp³-hybridized carbons (Fsp3) is 0.429. The van der Waals surface area contributed by atoms with Crippen molar-refractivity contribution >= 4 is 0 Å². The van der Waals surface area contributed by atoms with E-state index in [2.05, 4.69) is 49.5 Å². The maximum absolute atomic E-state index is 9.41. The standard InChI is InChI=1S/C21H27NO2/c1-20(2)15-21(12-13-24-20,18-6-4-3-5-7-18)16-22-14-17-8-10-19(23)11-9-17/h3-11,22-23H,12-16H2,1-2H3/p+1/t21-/m0/s1. The quantitative estimate of drug-likeness (QED) is 0.887. The van der Waals surface area contributed by atoms with Crippen molar-refractivity contribution in [2.75, 3.05) is 13.2 Å². The van der Waals surface area contributed by atoms with Crippen molar-refractivity contribution in [1.29, 1.82) is 0 Å². The van der Waals surface area contributed by atoms with Crippen LogP contribution in [0.1, 0.15) is 37.8 Å². The summed E-state index contributed by atoms with van der Waals surface area (Å²) in [6.07, 6.45) is 2.10. The molecule has 0 radical (unpaired) electrons. The first-order chi connectivity index (χ1) is 11.5. The van der Waals surface area contributed by atoms with Crippen LogP contribution in [0.25, 0.3) is 0 Å². The van der Waals surface area contributed by atoms with Crippen LogP contribution in [0, 0.1) is 0 Å². The molecular formula is C21H28NO2+. The molecule has 0 aliphatic carbocycles. The van der Waals surface area contributed by atoms with E-state index in [1.807, 2.05) is 12.1 Å². The van der Waals surface area contributed by atoms with Crippen LogP contribution in [0.15, 0.2) is 54.6 Å². The summed E-state index contributed by atoms with van der Waals surface area (Å²) in [5.41, 5.74) is 2.73. The molecule has 0 spiro atoms. The molecule has 1 atom stereocenters. The van der Waals surface area contributed by atoms with Gasteiger partial charge in [-0.05, 0) is 56.5 Å². The summed E-state index contributed by atoms with van der Waals surface area (Å²) in [7, 11) is 0. The van der Waals surface area contributed by atoms with E-state index in [0.29, 0.717) is 5.75 Å². The Morgan fingerprint density at radius 2 is 1.75 bits per heavy atom. The number of quaternary nitrogens is 1. The number of phenolic OH excluding ortho intramolecular Hbond substituents is 1. The highest BCUT2D eigenvalue weighted by Gasteiger charge is 2.43. The third kappa shape index (κ3) is 3.97. The van der Waals surface area contributed by atoms with Gasteiger partial charge in [0.05, 0.1) is 12.1 Å². The molecule has 0 amide bonds. The van der Waals surface area contributed by atoms with Crippen LogP contribution >= 0.6 is 0 Å². The van der Waals surface area contributed by atoms with Gasteiger partial charge in [-0.1, -0.05) is 30.3 Å². The number of aromatic hydroxyl groups is 1. The monoisotopic (exact) mass is 326 g/mol. The fourth-order valence-corrected chi connectivity index (χ4v) is 3.95. The Balaban J connectivity index is 1.74. The second-order valence-electron chi connectivity index (χ2n) is 7.54. The summed E-state index contributed by atoms with van der Waals surface area (Å²) >= 11 is 0. The van der Waals surface area contributed by atoms with Crippen molar-refractivity contribution in [3.05, 3.63) is 65.7 Å². The lowest BCUT2D eigenvalue weighted by atomic mass is 9.69. The van der Waals surface area contributed by atoms with Gasteiger partial charge in [0.15, 0.2) is 0 Å². The summed E-state index contributed by atoms with van der Waals surface area (Å²) in [4.78, 5) is 0. The molecule has 128 valence electrons. The molecule has 1 aliphatic heterocycles. The normalized spacial score (nSPS) is 23.1. The van der Waals surface area contributed by atoms with Crippen molar-refractivity contribution in [3.8, 4) is 5.75 Å². The number of ether oxygens (including phenoxy) is 1. The van der Waals surface area contributed by atoms with Crippen molar-refractivity contribution in [1.82, 2.24) is 0 Å². The van der Waals surface area contributed by atoms with Crippen LogP contribution < -0.4 is 5.32 Å². The van der Waals surface area contributed by atoms with Gasteiger partial charge in [0.1, 0.15) is 12.3 Å². The van der Waals surface area contributed by atoms with Crippen molar-refractivity contribution < 1.29 is 15.2 Å². The molecule has 1 saturated heterocycles. The van der Waals surface area contributed by atoms with Gasteiger partial charge in [-0.15, -0.1) is 0 Å². The molecule has 3 heteroatoms. The van der Waals surface area contributed by atoms with Gasteiger partial charge in [0.2, 0.25) is 0 Å². The molecule has 24 heavy (non-hydrogen) atoms. The van der Waals surface area contributed by atoms with Gasteiger partial charge in [0.25, 0.3) is 0 Å². The minimum absolute atomic E-state index is 0.0829. The largest absolute Gasteiger partial charge is 0.508 e. The SMILES string of the molecule is CC1(C)C[C@@](C[NH2+]Cc2ccc(O)cc2)(c2ccccc2)CCO1. The summed E-state index contributed by atoms with van der Waals surface area (Å²) in [5, 5.41) is 11.8. The first-order valence-corrected chi connectivity index (χ1v) is 8.78. The Hall–Kier alpha value is -1.84. The van der Waals surface area contributed by atoms with Gasteiger partial charge in [-0.3, -0.25) is 0 Å². The zero-order valence-corrected chi connectivity index (χ0v) is 14.7. The van der Waals surface area contributed by atoms with E-state index in [1.165, 1.54) is 11.1 Å². The van der Waals surface area contributed by atoms with Crippen LogP contribution in [0.2, 0.25) is 0 Å². The molecule has 1 fully saturated rings. The lowest BCUT2D eigenvalue weighted by molar-refractivity contribution is -0.679. The number of rotatable bonds is 5. The molecule has 2 aromatic carbocycles. The van der Waals surface area contributed by atoms with Gasteiger partial charge in [-0.2, -0.15) is 0 Å². The Labute approximate surface area is 144 Å². The summed E-state index contributed by atoms with van der Waals surface area (Å²) < 4.78 is 5.98. The van der Waals surface area contributed by atoms with Crippen LogP contribution in [0.4, 0.5) is 0 Å². The average molecular weight is 326 g/mol. The second-order valence-corrected chi connectivity index (χ2v) is 7.54. The third-order valence-corrected chi connectivity index (χ3v) is 5.08. The maximum atomic E-state index is 9.41. The molecule has 3 rings (SSSR count). The molecule has 0 saturated carbocycles. The van der Waals surface area contributed by atoms with Crippen LogP contribution in [0.5, 0.6) is 5.75 Å². The number of phenols is 1. The van der Waals surface area contributed by atoms with E-state index in [-0.39, 0.29) is 11.0 Å². The second kappa shape index (κ2) is 6.96. The number of hydrogen-bond donors (Lipinski definition) is 2. The zero-order chi connectivity index (χ0) is 17.0. The Kier molecular flexibility index (Phi) is 4.93. The van der Waals surface area contributed by atoms with E-state index in [4.69, 9.17) is 4.74 Å². The molecule has 1 aliphatic rings. The lowest BCUT2D eigenvalue weighted by Gasteiger charge is -2.44. The molecule has 3 nitrogen and oxygen atoms in total. The van der Waals surface area contributed by atoms with Crippen molar-refractivity contribution in [2.24, 2.45) is 0 Å². The van der Waals surface area contributed by atoms with E-state index >= 15 is 0 Å². The van der Waals surface area contributed by atoms with Crippen molar-refractivity contribution in [2.45, 2.75) is 44.2 Å². The Morgan fingerprint density at radius 3 is 2.42 bits per heavy atom. The molecule has 0 aromatic heterocycles. The molecule has 1 heterocycles. The number of hydrogen-bond acceptors (Lipinski definition) is 2. The predicted octanol–water partition coefficient (Wildman–Crippen LogP) is 2.98. The first kappa shape index (κ1) is 17.0. The van der Waals surface area contributed by atoms with Gasteiger partial charge < -0.3 is 15.2 Å². The van der Waals surface area contributed by atoms with E-state index in [1.54, 1.807) is 12.1 Å². The van der Waals surface area contributed by atoms with Gasteiger partial charge >= 0.3 is 0 Å². The topological polar surface area (TPSA) is 46.1 Å². The predicted molar refractivity (Wildman–Crippen MR) is 96.0 cm³/mol. The summed E-state index contributed by atoms with van der Waals surface area (Å²) in [6, 6.07) is 18.4. The van der Waals surface area contributed by atoms with E-state index < -0.39 is 0 Å². The molecule has 2 aromatic rings. The zero-order valence-electron chi connectivity index (χ0n) is 14.7. The minimum Gasteiger partial charge on any atom is -0.508 e. The van der Waals surface area contributed by atoms with Crippen molar-refractivity contribution in [3.63, 3.8) is 0 Å². The average Bonchev–Trinajstić information content (AvgIpc) is 2.57. The van der Waals surface area contributed by atoms with Gasteiger partial charge in [0, 0.05) is 17.6 Å². The Morgan fingerprint density at radius 1 is 1.04 bits per heavy atom. The summed E-state index contributed by atoms with van der Waals surface area (Å²) in [6.45, 7) is 7.18. The molecule has 0 bridgehead atoms. The first-order valence-electron chi connectivity index (χ1n) is 8.78. The molecule has 0 unspecified atom stereocenters. The van der Waals surface area contributed by atoms with Crippen LogP contribution in [-0.2, 0) is 16.7 Å². The third-order valence-electron chi connectivity index (χ3n) is 5.08.